The van der Waals surface area contributed by atoms with Crippen molar-refractivity contribution in [3.8, 4) is 0 Å². The Bertz CT molecular complexity index is 198. The second kappa shape index (κ2) is 6.08. The molecule has 1 heterocycles. The lowest BCUT2D eigenvalue weighted by Crippen LogP contribution is -2.53. The number of nitrogens with two attached hydrogens (primary N) is 1. The van der Waals surface area contributed by atoms with E-state index in [0.29, 0.717) is 18.5 Å². The van der Waals surface area contributed by atoms with Crippen LogP contribution in [0.2, 0.25) is 0 Å². The monoisotopic (exact) mass is 213 g/mol. The first-order valence-electron chi connectivity index (χ1n) is 5.91. The molecular formula is C11H23N3O. The van der Waals surface area contributed by atoms with Crippen molar-refractivity contribution in [2.45, 2.75) is 32.7 Å². The van der Waals surface area contributed by atoms with Crippen molar-refractivity contribution in [2.24, 2.45) is 11.7 Å². The van der Waals surface area contributed by atoms with Crippen molar-refractivity contribution in [2.75, 3.05) is 26.2 Å². The van der Waals surface area contributed by atoms with E-state index in [4.69, 9.17) is 5.73 Å². The summed E-state index contributed by atoms with van der Waals surface area (Å²) in [5.74, 6) is 0.755. The van der Waals surface area contributed by atoms with Gasteiger partial charge in [0, 0.05) is 19.1 Å². The molecule has 1 amide bonds. The molecule has 1 rings (SSSR count). The van der Waals surface area contributed by atoms with Gasteiger partial charge in [0.05, 0.1) is 6.54 Å². The lowest BCUT2D eigenvalue weighted by molar-refractivity contribution is -0.124. The molecule has 0 saturated carbocycles. The molecule has 3 N–H and O–H groups in total. The Kier molecular flexibility index (Phi) is 5.05. The molecule has 0 aromatic rings. The van der Waals surface area contributed by atoms with E-state index < -0.39 is 0 Å². The maximum Gasteiger partial charge on any atom is 0.234 e. The van der Waals surface area contributed by atoms with Crippen LogP contribution in [0.1, 0.15) is 26.7 Å². The zero-order valence-corrected chi connectivity index (χ0v) is 9.83. The fourth-order valence-corrected chi connectivity index (χ4v) is 1.92. The van der Waals surface area contributed by atoms with Crippen molar-refractivity contribution in [3.05, 3.63) is 0 Å². The number of nitrogens with one attached hydrogen (secondary N) is 1. The molecule has 0 aromatic heterocycles. The Morgan fingerprint density at radius 2 is 2.07 bits per heavy atom. The quantitative estimate of drug-likeness (QED) is 0.662. The molecule has 1 saturated heterocycles. The highest BCUT2D eigenvalue weighted by Crippen LogP contribution is 2.12. The summed E-state index contributed by atoms with van der Waals surface area (Å²) in [6, 6.07) is 0.337. The van der Waals surface area contributed by atoms with Gasteiger partial charge in [-0.25, -0.2) is 0 Å². The van der Waals surface area contributed by atoms with Crippen LogP contribution in [0.15, 0.2) is 0 Å². The standard InChI is InChI=1S/C11H23N3O/c1-3-10(4-2)13-11(15)8-14-6-9(5-12)7-14/h9-10H,3-8,12H2,1-2H3,(H,13,15). The lowest BCUT2D eigenvalue weighted by Gasteiger charge is -2.38. The molecule has 0 spiro atoms. The van der Waals surface area contributed by atoms with Crippen molar-refractivity contribution >= 4 is 5.91 Å². The number of carbonyl (C=O) groups is 1. The highest BCUT2D eigenvalue weighted by atomic mass is 16.2. The number of amides is 1. The van der Waals surface area contributed by atoms with E-state index in [1.54, 1.807) is 0 Å². The Balaban J connectivity index is 2.14. The molecule has 1 aliphatic rings. The third-order valence-electron chi connectivity index (χ3n) is 3.08. The molecule has 88 valence electrons. The van der Waals surface area contributed by atoms with E-state index in [-0.39, 0.29) is 5.91 Å². The van der Waals surface area contributed by atoms with Crippen LogP contribution < -0.4 is 11.1 Å². The molecule has 0 atom stereocenters. The predicted molar refractivity (Wildman–Crippen MR) is 61.5 cm³/mol. The van der Waals surface area contributed by atoms with Gasteiger partial charge in [0.1, 0.15) is 0 Å². The van der Waals surface area contributed by atoms with Gasteiger partial charge < -0.3 is 11.1 Å². The number of hydrogen-bond acceptors (Lipinski definition) is 3. The van der Waals surface area contributed by atoms with Gasteiger partial charge in [-0.2, -0.15) is 0 Å². The van der Waals surface area contributed by atoms with Crippen LogP contribution in [0.4, 0.5) is 0 Å². The maximum atomic E-state index is 11.6. The van der Waals surface area contributed by atoms with Crippen LogP contribution in [0, 0.1) is 5.92 Å². The second-order valence-electron chi connectivity index (χ2n) is 4.38. The molecule has 0 unspecified atom stereocenters. The smallest absolute Gasteiger partial charge is 0.234 e. The largest absolute Gasteiger partial charge is 0.352 e. The highest BCUT2D eigenvalue weighted by Gasteiger charge is 2.26. The number of hydrogen-bond donors (Lipinski definition) is 2. The minimum absolute atomic E-state index is 0.152. The van der Waals surface area contributed by atoms with Crippen molar-refractivity contribution in [1.29, 1.82) is 0 Å². The average molecular weight is 213 g/mol. The number of nitrogens with zero attached hydrogens (tertiary/aromatic N) is 1. The van der Waals surface area contributed by atoms with Crippen LogP contribution in [-0.4, -0.2) is 43.0 Å². The first-order valence-corrected chi connectivity index (χ1v) is 5.91. The molecule has 15 heavy (non-hydrogen) atoms. The molecular weight excluding hydrogens is 190 g/mol. The molecule has 4 nitrogen and oxygen atoms in total. The molecule has 0 radical (unpaired) electrons. The Morgan fingerprint density at radius 3 is 2.53 bits per heavy atom. The number of carbonyl (C=O) groups excluding carboxylic acids is 1. The van der Waals surface area contributed by atoms with E-state index >= 15 is 0 Å². The summed E-state index contributed by atoms with van der Waals surface area (Å²) in [4.78, 5) is 13.7. The van der Waals surface area contributed by atoms with Crippen LogP contribution in [0.5, 0.6) is 0 Å². The van der Waals surface area contributed by atoms with Crippen LogP contribution in [0.25, 0.3) is 0 Å². The fourth-order valence-electron chi connectivity index (χ4n) is 1.92. The Labute approximate surface area is 92.2 Å². The topological polar surface area (TPSA) is 58.4 Å². The van der Waals surface area contributed by atoms with Gasteiger partial charge in [0.25, 0.3) is 0 Å². The van der Waals surface area contributed by atoms with Crippen LogP contribution in [0.3, 0.4) is 0 Å². The molecule has 0 aromatic carbocycles. The third-order valence-corrected chi connectivity index (χ3v) is 3.08. The van der Waals surface area contributed by atoms with Gasteiger partial charge in [0.2, 0.25) is 5.91 Å². The highest BCUT2D eigenvalue weighted by molar-refractivity contribution is 5.78. The summed E-state index contributed by atoms with van der Waals surface area (Å²) in [5, 5.41) is 3.04. The van der Waals surface area contributed by atoms with E-state index in [1.165, 1.54) is 0 Å². The zero-order chi connectivity index (χ0) is 11.3. The minimum atomic E-state index is 0.152. The first-order chi connectivity index (χ1) is 7.19. The zero-order valence-electron chi connectivity index (χ0n) is 9.83. The molecule has 1 aliphatic heterocycles. The minimum Gasteiger partial charge on any atom is -0.352 e. The average Bonchev–Trinajstić information content (AvgIpc) is 2.19. The number of likely N-dealkylation sites (tertiary alicyclic amines) is 1. The van der Waals surface area contributed by atoms with Gasteiger partial charge in [0.15, 0.2) is 0 Å². The third kappa shape index (κ3) is 3.80. The molecule has 4 heteroatoms. The number of rotatable bonds is 6. The van der Waals surface area contributed by atoms with Gasteiger partial charge in [-0.3, -0.25) is 9.69 Å². The van der Waals surface area contributed by atoms with E-state index in [0.717, 1.165) is 32.5 Å². The van der Waals surface area contributed by atoms with E-state index in [2.05, 4.69) is 24.1 Å². The second-order valence-corrected chi connectivity index (χ2v) is 4.38. The maximum absolute atomic E-state index is 11.6. The first kappa shape index (κ1) is 12.5. The van der Waals surface area contributed by atoms with Gasteiger partial charge >= 0.3 is 0 Å². The normalized spacial score (nSPS) is 17.9. The Morgan fingerprint density at radius 1 is 1.47 bits per heavy atom. The van der Waals surface area contributed by atoms with E-state index in [9.17, 15) is 4.79 Å². The predicted octanol–water partition coefficient (Wildman–Crippen LogP) is 0.182. The Hall–Kier alpha value is -0.610. The van der Waals surface area contributed by atoms with Gasteiger partial charge in [-0.1, -0.05) is 13.8 Å². The summed E-state index contributed by atoms with van der Waals surface area (Å²) in [6.07, 6.45) is 2.02. The summed E-state index contributed by atoms with van der Waals surface area (Å²) < 4.78 is 0. The van der Waals surface area contributed by atoms with Gasteiger partial charge in [-0.15, -0.1) is 0 Å². The SMILES string of the molecule is CCC(CC)NC(=O)CN1CC(CN)C1. The summed E-state index contributed by atoms with van der Waals surface area (Å²) in [6.45, 7) is 7.43. The summed E-state index contributed by atoms with van der Waals surface area (Å²) >= 11 is 0. The molecule has 1 fully saturated rings. The van der Waals surface area contributed by atoms with Gasteiger partial charge in [-0.05, 0) is 25.3 Å². The summed E-state index contributed by atoms with van der Waals surface area (Å²) in [5.41, 5.74) is 5.52. The van der Waals surface area contributed by atoms with Crippen LogP contribution >= 0.6 is 0 Å². The fraction of sp³-hybridized carbons (Fsp3) is 0.909. The van der Waals surface area contributed by atoms with Crippen molar-refractivity contribution < 1.29 is 4.79 Å². The van der Waals surface area contributed by atoms with E-state index in [1.807, 2.05) is 0 Å². The van der Waals surface area contributed by atoms with Crippen LogP contribution in [-0.2, 0) is 4.79 Å². The summed E-state index contributed by atoms with van der Waals surface area (Å²) in [7, 11) is 0. The van der Waals surface area contributed by atoms with Crippen molar-refractivity contribution in [1.82, 2.24) is 10.2 Å². The lowest BCUT2D eigenvalue weighted by atomic mass is 10.0. The molecule has 0 bridgehead atoms. The van der Waals surface area contributed by atoms with Crippen molar-refractivity contribution in [3.63, 3.8) is 0 Å². The molecule has 0 aliphatic carbocycles.